The predicted octanol–water partition coefficient (Wildman–Crippen LogP) is 3.20. The Morgan fingerprint density at radius 3 is 2.96 bits per heavy atom. The van der Waals surface area contributed by atoms with E-state index in [-0.39, 0.29) is 17.0 Å². The maximum absolute atomic E-state index is 13.4. The molecule has 1 atom stereocenters. The van der Waals surface area contributed by atoms with E-state index < -0.39 is 0 Å². The van der Waals surface area contributed by atoms with Crippen LogP contribution in [-0.2, 0) is 11.8 Å². The van der Waals surface area contributed by atoms with Crippen LogP contribution in [0.25, 0.3) is 11.4 Å². The summed E-state index contributed by atoms with van der Waals surface area (Å²) in [6, 6.07) is 6.16. The average molecular weight is 363 g/mol. The summed E-state index contributed by atoms with van der Waals surface area (Å²) in [6.45, 7) is 1.78. The minimum atomic E-state index is -0.378. The monoisotopic (exact) mass is 363 g/mol. The summed E-state index contributed by atoms with van der Waals surface area (Å²) < 4.78 is 15.1. The van der Waals surface area contributed by atoms with Gasteiger partial charge in [-0.2, -0.15) is 0 Å². The van der Waals surface area contributed by atoms with Crippen LogP contribution in [0.5, 0.6) is 0 Å². The van der Waals surface area contributed by atoms with Gasteiger partial charge in [-0.25, -0.2) is 9.37 Å². The van der Waals surface area contributed by atoms with E-state index in [9.17, 15) is 9.18 Å². The number of nitrogens with zero attached hydrogens (tertiary/aromatic N) is 4. The van der Waals surface area contributed by atoms with Gasteiger partial charge >= 0.3 is 0 Å². The van der Waals surface area contributed by atoms with Crippen molar-refractivity contribution in [2.24, 2.45) is 7.05 Å². The second kappa shape index (κ2) is 7.10. The number of benzene rings is 1. The number of nitrogens with one attached hydrogen (secondary N) is 1. The molecule has 2 aromatic heterocycles. The summed E-state index contributed by atoms with van der Waals surface area (Å²) in [5.74, 6) is 0.0516. The fourth-order valence-electron chi connectivity index (χ4n) is 2.00. The first-order chi connectivity index (χ1) is 11.5. The number of thioether (sulfide) groups is 1. The number of halogens is 1. The van der Waals surface area contributed by atoms with Crippen LogP contribution in [0.2, 0.25) is 0 Å². The summed E-state index contributed by atoms with van der Waals surface area (Å²) >= 11 is 2.64. The van der Waals surface area contributed by atoms with Crippen LogP contribution in [0, 0.1) is 5.82 Å². The van der Waals surface area contributed by atoms with Gasteiger partial charge in [-0.15, -0.1) is 21.5 Å². The molecule has 0 fully saturated rings. The molecule has 0 aliphatic heterocycles. The summed E-state index contributed by atoms with van der Waals surface area (Å²) in [5.41, 5.74) is 0.636. The van der Waals surface area contributed by atoms with Crippen molar-refractivity contribution in [3.05, 3.63) is 41.7 Å². The molecule has 0 saturated carbocycles. The zero-order valence-electron chi connectivity index (χ0n) is 12.9. The Labute approximate surface area is 146 Å². The van der Waals surface area contributed by atoms with E-state index in [2.05, 4.69) is 20.5 Å². The first-order valence-corrected chi connectivity index (χ1v) is 8.83. The Morgan fingerprint density at radius 2 is 2.25 bits per heavy atom. The lowest BCUT2D eigenvalue weighted by atomic mass is 10.2. The van der Waals surface area contributed by atoms with Crippen molar-refractivity contribution < 1.29 is 9.18 Å². The summed E-state index contributed by atoms with van der Waals surface area (Å²) in [5, 5.41) is 13.5. The number of hydrogen-bond acceptors (Lipinski definition) is 6. The number of hydrogen-bond donors (Lipinski definition) is 1. The van der Waals surface area contributed by atoms with E-state index in [1.807, 2.05) is 0 Å². The molecule has 2 heterocycles. The van der Waals surface area contributed by atoms with Gasteiger partial charge in [0, 0.05) is 24.2 Å². The normalized spacial score (nSPS) is 12.1. The van der Waals surface area contributed by atoms with Gasteiger partial charge in [-0.1, -0.05) is 23.9 Å². The third-order valence-electron chi connectivity index (χ3n) is 3.23. The Hall–Kier alpha value is -2.26. The maximum atomic E-state index is 13.4. The molecule has 0 spiro atoms. The summed E-state index contributed by atoms with van der Waals surface area (Å²) in [4.78, 5) is 16.2. The standard InChI is InChI=1S/C15H14FN5OS2/c1-9(13(22)18-14-17-6-7-23-14)24-15-20-19-12(21(15)2)10-4-3-5-11(16)8-10/h3-9H,1-2H3,(H,17,18,22)/t9-/m0/s1. The molecular weight excluding hydrogens is 349 g/mol. The van der Waals surface area contributed by atoms with E-state index in [1.54, 1.807) is 42.2 Å². The molecule has 1 aromatic carbocycles. The number of rotatable bonds is 5. The topological polar surface area (TPSA) is 72.7 Å². The molecule has 0 unspecified atom stereocenters. The van der Waals surface area contributed by atoms with E-state index in [0.717, 1.165) is 0 Å². The largest absolute Gasteiger partial charge is 0.305 e. The van der Waals surface area contributed by atoms with Crippen molar-refractivity contribution in [1.29, 1.82) is 0 Å². The molecule has 0 aliphatic carbocycles. The predicted molar refractivity (Wildman–Crippen MR) is 92.5 cm³/mol. The Kier molecular flexibility index (Phi) is 4.91. The summed E-state index contributed by atoms with van der Waals surface area (Å²) in [7, 11) is 1.79. The first kappa shape index (κ1) is 16.6. The van der Waals surface area contributed by atoms with Gasteiger partial charge in [-0.3, -0.25) is 4.79 Å². The zero-order valence-corrected chi connectivity index (χ0v) is 14.6. The smallest absolute Gasteiger partial charge is 0.239 e. The van der Waals surface area contributed by atoms with Crippen LogP contribution in [0.3, 0.4) is 0 Å². The molecule has 1 N–H and O–H groups in total. The van der Waals surface area contributed by atoms with E-state index in [0.29, 0.717) is 21.7 Å². The molecule has 0 saturated heterocycles. The van der Waals surface area contributed by atoms with E-state index in [4.69, 9.17) is 0 Å². The average Bonchev–Trinajstić information content (AvgIpc) is 3.18. The molecule has 1 amide bonds. The number of thiazole rings is 1. The van der Waals surface area contributed by atoms with Crippen LogP contribution in [-0.4, -0.2) is 30.9 Å². The van der Waals surface area contributed by atoms with Gasteiger partial charge in [0.1, 0.15) is 5.82 Å². The Bertz CT molecular complexity index is 849. The molecule has 124 valence electrons. The number of carbonyl (C=O) groups excluding carboxylic acids is 1. The highest BCUT2D eigenvalue weighted by molar-refractivity contribution is 8.00. The molecule has 3 aromatic rings. The van der Waals surface area contributed by atoms with Gasteiger partial charge < -0.3 is 9.88 Å². The van der Waals surface area contributed by atoms with Crippen molar-refractivity contribution in [3.63, 3.8) is 0 Å². The van der Waals surface area contributed by atoms with Crippen LogP contribution in [0.1, 0.15) is 6.92 Å². The van der Waals surface area contributed by atoms with Crippen molar-refractivity contribution in [1.82, 2.24) is 19.7 Å². The second-order valence-electron chi connectivity index (χ2n) is 4.96. The highest BCUT2D eigenvalue weighted by Crippen LogP contribution is 2.26. The molecular formula is C15H14FN5OS2. The minimum absolute atomic E-state index is 0.162. The quantitative estimate of drug-likeness (QED) is 0.705. The van der Waals surface area contributed by atoms with Gasteiger partial charge in [-0.05, 0) is 19.1 Å². The van der Waals surface area contributed by atoms with Gasteiger partial charge in [0.25, 0.3) is 0 Å². The number of amides is 1. The number of aromatic nitrogens is 4. The minimum Gasteiger partial charge on any atom is -0.305 e. The summed E-state index contributed by atoms with van der Waals surface area (Å²) in [6.07, 6.45) is 1.63. The zero-order chi connectivity index (χ0) is 17.1. The molecule has 0 bridgehead atoms. The van der Waals surface area contributed by atoms with Gasteiger partial charge in [0.2, 0.25) is 5.91 Å². The molecule has 24 heavy (non-hydrogen) atoms. The molecule has 9 heteroatoms. The molecule has 0 aliphatic rings. The lowest BCUT2D eigenvalue weighted by Crippen LogP contribution is -2.22. The lowest BCUT2D eigenvalue weighted by Gasteiger charge is -2.10. The van der Waals surface area contributed by atoms with Gasteiger partial charge in [0.05, 0.1) is 5.25 Å². The fourth-order valence-corrected chi connectivity index (χ4v) is 3.35. The Morgan fingerprint density at radius 1 is 1.42 bits per heavy atom. The third-order valence-corrected chi connectivity index (χ3v) is 5.05. The fraction of sp³-hybridized carbons (Fsp3) is 0.200. The molecule has 3 rings (SSSR count). The molecule has 6 nitrogen and oxygen atoms in total. The first-order valence-electron chi connectivity index (χ1n) is 7.07. The molecule has 0 radical (unpaired) electrons. The van der Waals surface area contributed by atoms with Crippen LogP contribution in [0.15, 0.2) is 41.0 Å². The van der Waals surface area contributed by atoms with Crippen molar-refractivity contribution in [3.8, 4) is 11.4 Å². The highest BCUT2D eigenvalue weighted by Gasteiger charge is 2.20. The van der Waals surface area contributed by atoms with Crippen molar-refractivity contribution in [2.45, 2.75) is 17.3 Å². The van der Waals surface area contributed by atoms with Crippen molar-refractivity contribution in [2.75, 3.05) is 5.32 Å². The van der Waals surface area contributed by atoms with Crippen LogP contribution >= 0.6 is 23.1 Å². The van der Waals surface area contributed by atoms with E-state index in [1.165, 1.54) is 35.2 Å². The van der Waals surface area contributed by atoms with Crippen LogP contribution in [0.4, 0.5) is 9.52 Å². The van der Waals surface area contributed by atoms with Crippen molar-refractivity contribution >= 4 is 34.1 Å². The number of anilines is 1. The Balaban J connectivity index is 1.73. The SMILES string of the molecule is C[C@H](Sc1nnc(-c2cccc(F)c2)n1C)C(=O)Nc1nccs1. The number of carbonyl (C=O) groups is 1. The second-order valence-corrected chi connectivity index (χ2v) is 7.16. The maximum Gasteiger partial charge on any atom is 0.239 e. The third kappa shape index (κ3) is 3.62. The van der Waals surface area contributed by atoms with E-state index >= 15 is 0 Å². The van der Waals surface area contributed by atoms with Gasteiger partial charge in [0.15, 0.2) is 16.1 Å². The van der Waals surface area contributed by atoms with Crippen LogP contribution < -0.4 is 5.32 Å². The highest BCUT2D eigenvalue weighted by atomic mass is 32.2. The lowest BCUT2D eigenvalue weighted by molar-refractivity contribution is -0.115.